The topological polar surface area (TPSA) is 3.24 Å². The Morgan fingerprint density at radius 1 is 0.564 bits per heavy atom. The third-order valence-electron chi connectivity index (χ3n) is 9.30. The number of anilines is 1. The molecule has 1 heterocycles. The molecule has 0 saturated heterocycles. The SMILES string of the molecule is CC(C)c1cccc(C(C)C)c1N([Si](C)(C)C)[Si]1([Si]([Si](C)(C)C)([Si](C)(C)C)[Si](C)(C)C)C=C1c1ccccc1. The monoisotopic (exact) mass is 625 g/mol. The summed E-state index contributed by atoms with van der Waals surface area (Å²) in [5.41, 5.74) is 9.39. The molecule has 1 aliphatic heterocycles. The summed E-state index contributed by atoms with van der Waals surface area (Å²) >= 11 is 0. The highest BCUT2D eigenvalue weighted by molar-refractivity contribution is 8.10. The van der Waals surface area contributed by atoms with Crippen molar-refractivity contribution in [2.24, 2.45) is 0 Å². The van der Waals surface area contributed by atoms with Gasteiger partial charge in [0.1, 0.15) is 8.24 Å². The van der Waals surface area contributed by atoms with Crippen LogP contribution in [0.4, 0.5) is 5.69 Å². The van der Waals surface area contributed by atoms with Crippen LogP contribution in [0.1, 0.15) is 56.2 Å². The number of para-hydroxylation sites is 1. The largest absolute Gasteiger partial charge is 0.420 e. The summed E-state index contributed by atoms with van der Waals surface area (Å²) in [6, 6.07) is 19.0. The summed E-state index contributed by atoms with van der Waals surface area (Å²) in [5, 5.41) is 1.82. The molecule has 216 valence electrons. The normalized spacial score (nSPS) is 19.0. The summed E-state index contributed by atoms with van der Waals surface area (Å²) in [4.78, 5) is 0. The van der Waals surface area contributed by atoms with Crippen LogP contribution in [-0.4, -0.2) is 44.9 Å². The van der Waals surface area contributed by atoms with Gasteiger partial charge in [0.25, 0.3) is 0 Å². The Hall–Kier alpha value is -0.719. The predicted octanol–water partition coefficient (Wildman–Crippen LogP) is 10.5. The zero-order valence-electron chi connectivity index (χ0n) is 28.3. The van der Waals surface area contributed by atoms with E-state index in [9.17, 15) is 0 Å². The smallest absolute Gasteiger partial charge is 0.184 e. The minimum Gasteiger partial charge on any atom is -0.420 e. The van der Waals surface area contributed by atoms with Crippen LogP contribution in [0.25, 0.3) is 5.20 Å². The minimum atomic E-state index is -2.16. The Balaban J connectivity index is 2.65. The van der Waals surface area contributed by atoms with Gasteiger partial charge in [-0.25, -0.2) is 0 Å². The molecule has 7 heteroatoms. The van der Waals surface area contributed by atoms with Crippen molar-refractivity contribution in [3.63, 3.8) is 0 Å². The van der Waals surface area contributed by atoms with E-state index in [-0.39, 0.29) is 0 Å². The van der Waals surface area contributed by atoms with Gasteiger partial charge < -0.3 is 4.23 Å². The van der Waals surface area contributed by atoms with Crippen molar-refractivity contribution in [2.75, 3.05) is 4.23 Å². The Kier molecular flexibility index (Phi) is 8.85. The molecular weight excluding hydrogens is 567 g/mol. The van der Waals surface area contributed by atoms with Gasteiger partial charge in [-0.1, -0.05) is 160 Å². The maximum absolute atomic E-state index is 3.34. The lowest BCUT2D eigenvalue weighted by molar-refractivity contribution is 0.835. The first-order valence-electron chi connectivity index (χ1n) is 15.3. The molecule has 0 bridgehead atoms. The number of hydrogen-bond donors (Lipinski definition) is 0. The molecular formula is C32H59NSi6. The van der Waals surface area contributed by atoms with Crippen molar-refractivity contribution in [3.05, 3.63) is 70.9 Å². The minimum absolute atomic E-state index is 0.518. The lowest BCUT2D eigenvalue weighted by Crippen LogP contribution is -2.95. The zero-order valence-corrected chi connectivity index (χ0v) is 34.3. The van der Waals surface area contributed by atoms with E-state index in [1.54, 1.807) is 16.8 Å². The van der Waals surface area contributed by atoms with Crippen molar-refractivity contribution < 1.29 is 0 Å². The fourth-order valence-electron chi connectivity index (χ4n) is 9.66. The van der Waals surface area contributed by atoms with Crippen LogP contribution in [0.2, 0.25) is 78.6 Å². The zero-order chi connectivity index (χ0) is 30.0. The van der Waals surface area contributed by atoms with E-state index >= 15 is 0 Å². The first-order valence-corrected chi connectivity index (χ1v) is 37.3. The highest BCUT2D eigenvalue weighted by atomic mass is 30.2. The van der Waals surface area contributed by atoms with E-state index < -0.39 is 44.9 Å². The molecule has 0 fully saturated rings. The third-order valence-corrected chi connectivity index (χ3v) is 122. The molecule has 0 aromatic heterocycles. The predicted molar refractivity (Wildman–Crippen MR) is 196 cm³/mol. The van der Waals surface area contributed by atoms with Crippen LogP contribution >= 0.6 is 0 Å². The van der Waals surface area contributed by atoms with Gasteiger partial charge in [-0.05, 0) is 33.7 Å². The maximum atomic E-state index is 3.34. The summed E-state index contributed by atoms with van der Waals surface area (Å²) in [6.45, 7) is 43.1. The molecule has 0 radical (unpaired) electrons. The van der Waals surface area contributed by atoms with Gasteiger partial charge in [0.15, 0.2) is 7.75 Å². The molecule has 0 amide bonds. The molecule has 0 N–H and O–H groups in total. The molecule has 1 nitrogen and oxygen atoms in total. The Bertz CT molecular complexity index is 1140. The number of rotatable bonds is 10. The van der Waals surface area contributed by atoms with Crippen molar-refractivity contribution in [2.45, 2.75) is 118 Å². The van der Waals surface area contributed by atoms with E-state index in [1.165, 1.54) is 5.56 Å². The van der Waals surface area contributed by atoms with Crippen molar-refractivity contribution in [1.82, 2.24) is 0 Å². The molecule has 2 aromatic carbocycles. The summed E-state index contributed by atoms with van der Waals surface area (Å²) < 4.78 is 3.34. The van der Waals surface area contributed by atoms with Crippen molar-refractivity contribution in [3.8, 4) is 0 Å². The second-order valence-electron chi connectivity index (χ2n) is 16.8. The van der Waals surface area contributed by atoms with Crippen LogP contribution in [0.5, 0.6) is 0 Å². The molecule has 0 saturated carbocycles. The van der Waals surface area contributed by atoms with Gasteiger partial charge in [0, 0.05) is 28.5 Å². The van der Waals surface area contributed by atoms with E-state index in [4.69, 9.17) is 0 Å². The quantitative estimate of drug-likeness (QED) is 0.237. The van der Waals surface area contributed by atoms with E-state index in [1.807, 2.05) is 5.20 Å². The highest BCUT2D eigenvalue weighted by Gasteiger charge is 2.79. The van der Waals surface area contributed by atoms with Crippen LogP contribution < -0.4 is 4.23 Å². The summed E-state index contributed by atoms with van der Waals surface area (Å²) in [5.74, 6) is 1.04. The lowest BCUT2D eigenvalue weighted by Gasteiger charge is -2.66. The maximum Gasteiger partial charge on any atom is 0.184 e. The van der Waals surface area contributed by atoms with E-state index in [0.717, 1.165) is 0 Å². The highest BCUT2D eigenvalue weighted by Crippen LogP contribution is 2.60. The number of hydrogen-bond acceptors (Lipinski definition) is 1. The fraction of sp³-hybridized carbons (Fsp3) is 0.562. The van der Waals surface area contributed by atoms with Crippen LogP contribution in [0.15, 0.2) is 54.2 Å². The number of nitrogens with zero attached hydrogens (tertiary/aromatic N) is 1. The third kappa shape index (κ3) is 5.22. The first-order chi connectivity index (χ1) is 17.6. The molecule has 0 spiro atoms. The average Bonchev–Trinajstić information content (AvgIpc) is 3.45. The van der Waals surface area contributed by atoms with Gasteiger partial charge >= 0.3 is 0 Å². The first kappa shape index (κ1) is 32.8. The molecule has 1 atom stereocenters. The van der Waals surface area contributed by atoms with Crippen LogP contribution in [0.3, 0.4) is 0 Å². The Morgan fingerprint density at radius 2 is 0.974 bits per heavy atom. The fourth-order valence-corrected chi connectivity index (χ4v) is 172. The van der Waals surface area contributed by atoms with Crippen LogP contribution in [-0.2, 0) is 0 Å². The van der Waals surface area contributed by atoms with Gasteiger partial charge in [0.2, 0.25) is 0 Å². The molecule has 3 rings (SSSR count). The molecule has 39 heavy (non-hydrogen) atoms. The van der Waals surface area contributed by atoms with Crippen LogP contribution in [0, 0.1) is 0 Å². The molecule has 1 unspecified atom stereocenters. The molecule has 0 aliphatic carbocycles. The summed E-state index contributed by atoms with van der Waals surface area (Å²) in [6.07, 6.45) is -1.81. The van der Waals surface area contributed by atoms with Crippen molar-refractivity contribution >= 4 is 55.8 Å². The van der Waals surface area contributed by atoms with Gasteiger partial charge in [0.05, 0.1) is 6.14 Å². The standard InChI is InChI=1S/C32H59NSi6/c1-26(2)29-23-20-24-30(27(3)4)32(29)33(34(5,6)7)38(25-31(38)28-21-18-17-19-22-28)39(35(8,9)10,36(11,12)13)37(14,15)16/h17-27H,1-16H3. The average molecular weight is 626 g/mol. The molecule has 2 aromatic rings. The lowest BCUT2D eigenvalue weighted by atomic mass is 9.93. The summed E-state index contributed by atoms with van der Waals surface area (Å²) in [7, 11) is -8.69. The van der Waals surface area contributed by atoms with Gasteiger partial charge in [-0.2, -0.15) is 0 Å². The Morgan fingerprint density at radius 3 is 1.31 bits per heavy atom. The Labute approximate surface area is 247 Å². The van der Waals surface area contributed by atoms with E-state index in [2.05, 4.69) is 165 Å². The van der Waals surface area contributed by atoms with E-state index in [0.29, 0.717) is 11.8 Å². The van der Waals surface area contributed by atoms with Gasteiger partial charge in [-0.15, -0.1) is 0 Å². The molecule has 1 aliphatic rings. The second kappa shape index (κ2) is 10.5. The second-order valence-corrected chi connectivity index (χ2v) is 73.6. The van der Waals surface area contributed by atoms with Crippen molar-refractivity contribution in [1.29, 1.82) is 0 Å². The number of benzene rings is 2. The van der Waals surface area contributed by atoms with Gasteiger partial charge in [-0.3, -0.25) is 0 Å².